The van der Waals surface area contributed by atoms with Crippen molar-refractivity contribution in [3.63, 3.8) is 0 Å². The van der Waals surface area contributed by atoms with Gasteiger partial charge < -0.3 is 5.32 Å². The average molecular weight is 274 g/mol. The van der Waals surface area contributed by atoms with Gasteiger partial charge in [0.25, 0.3) is 0 Å². The molecule has 0 spiro atoms. The fourth-order valence-electron chi connectivity index (χ4n) is 2.00. The van der Waals surface area contributed by atoms with Crippen molar-refractivity contribution in [2.75, 3.05) is 5.32 Å². The molecular weight excluding hydrogens is 263 g/mol. The molecule has 1 N–H and O–H groups in total. The Morgan fingerprint density at radius 3 is 2.89 bits per heavy atom. The Kier molecular flexibility index (Phi) is 3.21. The molecule has 1 atom stereocenters. The molecule has 3 rings (SSSR count). The standard InChI is InChI=1S/C14H11FN2OS/c15-13-6-5-10(8-16-13)17-14(18)12-7-9-3-1-2-4-11(9)19-12/h1-6,8,12H,7H2,(H,17,18). The molecule has 0 bridgehead atoms. The number of fused-ring (bicyclic) bond motifs is 1. The van der Waals surface area contributed by atoms with Crippen LogP contribution >= 0.6 is 11.8 Å². The van der Waals surface area contributed by atoms with E-state index in [1.807, 2.05) is 24.3 Å². The number of thioether (sulfide) groups is 1. The molecule has 1 aliphatic heterocycles. The molecule has 0 saturated carbocycles. The van der Waals surface area contributed by atoms with Crippen LogP contribution in [0.2, 0.25) is 0 Å². The number of benzene rings is 1. The lowest BCUT2D eigenvalue weighted by atomic mass is 10.1. The lowest BCUT2D eigenvalue weighted by Crippen LogP contribution is -2.24. The van der Waals surface area contributed by atoms with Gasteiger partial charge in [0.15, 0.2) is 0 Å². The van der Waals surface area contributed by atoms with Crippen LogP contribution in [0.15, 0.2) is 47.5 Å². The lowest BCUT2D eigenvalue weighted by Gasteiger charge is -2.09. The maximum absolute atomic E-state index is 12.7. The number of hydrogen-bond donors (Lipinski definition) is 1. The Labute approximate surface area is 114 Å². The van der Waals surface area contributed by atoms with Gasteiger partial charge in [-0.25, -0.2) is 4.98 Å². The van der Waals surface area contributed by atoms with Crippen LogP contribution in [0.25, 0.3) is 0 Å². The van der Waals surface area contributed by atoms with Crippen molar-refractivity contribution in [2.24, 2.45) is 0 Å². The minimum Gasteiger partial charge on any atom is -0.324 e. The fraction of sp³-hybridized carbons (Fsp3) is 0.143. The molecule has 2 aromatic rings. The van der Waals surface area contributed by atoms with E-state index in [2.05, 4.69) is 10.3 Å². The monoisotopic (exact) mass is 274 g/mol. The van der Waals surface area contributed by atoms with E-state index < -0.39 is 5.95 Å². The lowest BCUT2D eigenvalue weighted by molar-refractivity contribution is -0.115. The number of aromatic nitrogens is 1. The summed E-state index contributed by atoms with van der Waals surface area (Å²) in [5, 5.41) is 2.62. The minimum atomic E-state index is -0.555. The van der Waals surface area contributed by atoms with Crippen molar-refractivity contribution in [3.8, 4) is 0 Å². The van der Waals surface area contributed by atoms with E-state index in [1.165, 1.54) is 23.9 Å². The zero-order valence-corrected chi connectivity index (χ0v) is 10.8. The van der Waals surface area contributed by atoms with Gasteiger partial charge in [0, 0.05) is 4.90 Å². The number of nitrogens with zero attached hydrogens (tertiary/aromatic N) is 1. The summed E-state index contributed by atoms with van der Waals surface area (Å²) in [6, 6.07) is 10.7. The molecule has 5 heteroatoms. The van der Waals surface area contributed by atoms with Gasteiger partial charge in [-0.2, -0.15) is 4.39 Å². The number of pyridine rings is 1. The van der Waals surface area contributed by atoms with Crippen molar-refractivity contribution in [2.45, 2.75) is 16.6 Å². The van der Waals surface area contributed by atoms with Crippen LogP contribution in [0, 0.1) is 5.95 Å². The van der Waals surface area contributed by atoms with Gasteiger partial charge in [0.05, 0.1) is 17.1 Å². The second-order valence-electron chi connectivity index (χ2n) is 4.28. The summed E-state index contributed by atoms with van der Waals surface area (Å²) in [4.78, 5) is 16.8. The second kappa shape index (κ2) is 5.01. The first-order chi connectivity index (χ1) is 9.22. The number of halogens is 1. The smallest absolute Gasteiger partial charge is 0.238 e. The first-order valence-electron chi connectivity index (χ1n) is 5.89. The molecule has 1 aliphatic rings. The highest BCUT2D eigenvalue weighted by Gasteiger charge is 2.27. The molecule has 1 unspecified atom stereocenters. The third-order valence-electron chi connectivity index (χ3n) is 2.93. The van der Waals surface area contributed by atoms with E-state index in [4.69, 9.17) is 0 Å². The largest absolute Gasteiger partial charge is 0.324 e. The van der Waals surface area contributed by atoms with Crippen molar-refractivity contribution in [3.05, 3.63) is 54.1 Å². The highest BCUT2D eigenvalue weighted by molar-refractivity contribution is 8.01. The molecule has 1 aromatic carbocycles. The van der Waals surface area contributed by atoms with E-state index in [1.54, 1.807) is 11.8 Å². The first kappa shape index (κ1) is 12.2. The van der Waals surface area contributed by atoms with Crippen LogP contribution in [0.1, 0.15) is 5.56 Å². The highest BCUT2D eigenvalue weighted by Crippen LogP contribution is 2.37. The van der Waals surface area contributed by atoms with Gasteiger partial charge in [-0.3, -0.25) is 4.79 Å². The van der Waals surface area contributed by atoms with Crippen molar-refractivity contribution < 1.29 is 9.18 Å². The number of carbonyl (C=O) groups excluding carboxylic acids is 1. The molecule has 2 heterocycles. The van der Waals surface area contributed by atoms with E-state index >= 15 is 0 Å². The van der Waals surface area contributed by atoms with E-state index in [9.17, 15) is 9.18 Å². The van der Waals surface area contributed by atoms with Gasteiger partial charge in [-0.05, 0) is 30.2 Å². The molecule has 3 nitrogen and oxygen atoms in total. The number of hydrogen-bond acceptors (Lipinski definition) is 3. The molecule has 0 fully saturated rings. The maximum atomic E-state index is 12.7. The molecule has 0 radical (unpaired) electrons. The van der Waals surface area contributed by atoms with Gasteiger partial charge in [0.1, 0.15) is 0 Å². The van der Waals surface area contributed by atoms with Crippen molar-refractivity contribution in [1.82, 2.24) is 4.98 Å². The summed E-state index contributed by atoms with van der Waals surface area (Å²) in [7, 11) is 0. The van der Waals surface area contributed by atoms with Crippen LogP contribution in [0.5, 0.6) is 0 Å². The van der Waals surface area contributed by atoms with Crippen LogP contribution in [0.3, 0.4) is 0 Å². The quantitative estimate of drug-likeness (QED) is 0.856. The van der Waals surface area contributed by atoms with Gasteiger partial charge in [0.2, 0.25) is 11.9 Å². The third kappa shape index (κ3) is 2.61. The van der Waals surface area contributed by atoms with Gasteiger partial charge in [-0.1, -0.05) is 18.2 Å². The highest BCUT2D eigenvalue weighted by atomic mass is 32.2. The summed E-state index contributed by atoms with van der Waals surface area (Å²) < 4.78 is 12.7. The molecular formula is C14H11FN2OS. The average Bonchev–Trinajstić information content (AvgIpc) is 2.85. The number of nitrogens with one attached hydrogen (secondary N) is 1. The van der Waals surface area contributed by atoms with Gasteiger partial charge in [-0.15, -0.1) is 11.8 Å². The maximum Gasteiger partial charge on any atom is 0.238 e. The van der Waals surface area contributed by atoms with Crippen molar-refractivity contribution in [1.29, 1.82) is 0 Å². The number of carbonyl (C=O) groups is 1. The van der Waals surface area contributed by atoms with E-state index in [0.29, 0.717) is 5.69 Å². The van der Waals surface area contributed by atoms with E-state index in [-0.39, 0.29) is 11.2 Å². The fourth-order valence-corrected chi connectivity index (χ4v) is 3.20. The first-order valence-corrected chi connectivity index (χ1v) is 6.77. The summed E-state index contributed by atoms with van der Waals surface area (Å²) in [6.45, 7) is 0. The van der Waals surface area contributed by atoms with E-state index in [0.717, 1.165) is 11.3 Å². The number of amides is 1. The summed E-state index contributed by atoms with van der Waals surface area (Å²) in [5.41, 5.74) is 1.72. The van der Waals surface area contributed by atoms with Crippen LogP contribution in [0.4, 0.5) is 10.1 Å². The minimum absolute atomic E-state index is 0.0744. The van der Waals surface area contributed by atoms with Gasteiger partial charge >= 0.3 is 0 Å². The zero-order valence-electron chi connectivity index (χ0n) is 9.97. The Bertz CT molecular complexity index is 590. The molecule has 0 aliphatic carbocycles. The molecule has 1 aromatic heterocycles. The number of rotatable bonds is 2. The Morgan fingerprint density at radius 1 is 1.32 bits per heavy atom. The van der Waals surface area contributed by atoms with Crippen LogP contribution in [-0.2, 0) is 11.2 Å². The van der Waals surface area contributed by atoms with Crippen molar-refractivity contribution >= 4 is 23.4 Å². The predicted octanol–water partition coefficient (Wildman–Crippen LogP) is 2.88. The molecule has 1 amide bonds. The normalized spacial score (nSPS) is 17.0. The Balaban J connectivity index is 1.68. The Hall–Kier alpha value is -1.88. The zero-order chi connectivity index (χ0) is 13.2. The summed E-state index contributed by atoms with van der Waals surface area (Å²) in [5.74, 6) is -0.629. The summed E-state index contributed by atoms with van der Waals surface area (Å²) in [6.07, 6.45) is 2.04. The van der Waals surface area contributed by atoms with Crippen LogP contribution < -0.4 is 5.32 Å². The molecule has 0 saturated heterocycles. The summed E-state index contributed by atoms with van der Waals surface area (Å²) >= 11 is 1.56. The SMILES string of the molecule is O=C(Nc1ccc(F)nc1)C1Cc2ccccc2S1. The third-order valence-corrected chi connectivity index (χ3v) is 4.25. The predicted molar refractivity (Wildman–Crippen MR) is 72.6 cm³/mol. The topological polar surface area (TPSA) is 42.0 Å². The van der Waals surface area contributed by atoms with Crippen LogP contribution in [-0.4, -0.2) is 16.1 Å². The second-order valence-corrected chi connectivity index (χ2v) is 5.52. The molecule has 96 valence electrons. The Morgan fingerprint density at radius 2 is 2.16 bits per heavy atom. The molecule has 19 heavy (non-hydrogen) atoms. The number of anilines is 1.